The molecule has 0 radical (unpaired) electrons. The third kappa shape index (κ3) is 4.11. The first-order chi connectivity index (χ1) is 9.95. The summed E-state index contributed by atoms with van der Waals surface area (Å²) in [5.74, 6) is -0.806. The molecular weight excluding hydrogens is 288 g/mol. The molecule has 1 rings (SSSR count). The van der Waals surface area contributed by atoms with E-state index in [4.69, 9.17) is 9.47 Å². The summed E-state index contributed by atoms with van der Waals surface area (Å²) in [5.41, 5.74) is -0.635. The van der Waals surface area contributed by atoms with Crippen LogP contribution < -0.4 is 0 Å². The summed E-state index contributed by atoms with van der Waals surface area (Å²) in [7, 11) is 3.05. The van der Waals surface area contributed by atoms with Crippen molar-refractivity contribution >= 4 is 18.0 Å². The van der Waals surface area contributed by atoms with Gasteiger partial charge in [0.05, 0.1) is 6.61 Å². The number of hydrogen-bond donors (Lipinski definition) is 0. The molecule has 2 amide bonds. The Morgan fingerprint density at radius 1 is 1.32 bits per heavy atom. The number of carbonyl (C=O) groups is 3. The van der Waals surface area contributed by atoms with Crippen LogP contribution in [-0.2, 0) is 19.1 Å². The maximum atomic E-state index is 12.5. The Balaban J connectivity index is 2.75. The van der Waals surface area contributed by atoms with Crippen LogP contribution in [0.4, 0.5) is 4.79 Å². The molecule has 1 aliphatic rings. The lowest BCUT2D eigenvalue weighted by molar-refractivity contribution is -0.148. The molecule has 22 heavy (non-hydrogen) atoms. The SMILES string of the molecule is C[C@H](C(=O)N(C)[C@@H]1C(=O)OC[C@@H]1C)N(C)C(=O)OC(C)(C)C. The highest BCUT2D eigenvalue weighted by Gasteiger charge is 2.41. The maximum Gasteiger partial charge on any atom is 0.410 e. The minimum atomic E-state index is -0.736. The topological polar surface area (TPSA) is 76.2 Å². The summed E-state index contributed by atoms with van der Waals surface area (Å²) in [6.07, 6.45) is -0.580. The van der Waals surface area contributed by atoms with Crippen molar-refractivity contribution in [1.82, 2.24) is 9.80 Å². The van der Waals surface area contributed by atoms with Crippen LogP contribution in [0.3, 0.4) is 0 Å². The van der Waals surface area contributed by atoms with Crippen LogP contribution in [0.25, 0.3) is 0 Å². The van der Waals surface area contributed by atoms with Crippen LogP contribution >= 0.6 is 0 Å². The van der Waals surface area contributed by atoms with Gasteiger partial charge < -0.3 is 14.4 Å². The van der Waals surface area contributed by atoms with E-state index in [9.17, 15) is 14.4 Å². The number of hydrogen-bond acceptors (Lipinski definition) is 5. The van der Waals surface area contributed by atoms with Gasteiger partial charge in [-0.2, -0.15) is 0 Å². The molecule has 7 heteroatoms. The molecule has 126 valence electrons. The number of cyclic esters (lactones) is 1. The number of ether oxygens (including phenoxy) is 2. The molecule has 1 aliphatic heterocycles. The van der Waals surface area contributed by atoms with Crippen molar-refractivity contribution in [2.45, 2.75) is 52.3 Å². The molecule has 0 bridgehead atoms. The third-order valence-electron chi connectivity index (χ3n) is 3.65. The minimum Gasteiger partial charge on any atom is -0.464 e. The molecule has 0 N–H and O–H groups in total. The lowest BCUT2D eigenvalue weighted by Gasteiger charge is -2.32. The van der Waals surface area contributed by atoms with Crippen molar-refractivity contribution < 1.29 is 23.9 Å². The zero-order valence-electron chi connectivity index (χ0n) is 14.4. The first-order valence-corrected chi connectivity index (χ1v) is 7.35. The fourth-order valence-electron chi connectivity index (χ4n) is 2.25. The number of esters is 1. The molecule has 1 saturated heterocycles. The van der Waals surface area contributed by atoms with Crippen molar-refractivity contribution in [3.05, 3.63) is 0 Å². The van der Waals surface area contributed by atoms with E-state index in [2.05, 4.69) is 0 Å². The van der Waals surface area contributed by atoms with E-state index in [-0.39, 0.29) is 11.8 Å². The molecule has 0 aromatic carbocycles. The van der Waals surface area contributed by atoms with Gasteiger partial charge in [0.15, 0.2) is 0 Å². The maximum absolute atomic E-state index is 12.5. The van der Waals surface area contributed by atoms with E-state index in [1.165, 1.54) is 16.8 Å². The van der Waals surface area contributed by atoms with Gasteiger partial charge in [-0.1, -0.05) is 6.92 Å². The molecule has 1 heterocycles. The smallest absolute Gasteiger partial charge is 0.410 e. The Kier molecular flexibility index (Phi) is 5.43. The largest absolute Gasteiger partial charge is 0.464 e. The van der Waals surface area contributed by atoms with E-state index in [1.807, 2.05) is 6.92 Å². The highest BCUT2D eigenvalue weighted by Crippen LogP contribution is 2.21. The van der Waals surface area contributed by atoms with Crippen LogP contribution in [0.5, 0.6) is 0 Å². The Labute approximate surface area is 131 Å². The van der Waals surface area contributed by atoms with Gasteiger partial charge in [-0.05, 0) is 27.7 Å². The fourth-order valence-corrected chi connectivity index (χ4v) is 2.25. The van der Waals surface area contributed by atoms with Crippen LogP contribution in [0, 0.1) is 5.92 Å². The summed E-state index contributed by atoms with van der Waals surface area (Å²) >= 11 is 0. The first kappa shape index (κ1) is 18.3. The predicted octanol–water partition coefficient (Wildman–Crippen LogP) is 1.26. The highest BCUT2D eigenvalue weighted by atomic mass is 16.6. The van der Waals surface area contributed by atoms with Crippen LogP contribution in [0.15, 0.2) is 0 Å². The molecular formula is C15H26N2O5. The van der Waals surface area contributed by atoms with Crippen LogP contribution in [0.1, 0.15) is 34.6 Å². The molecule has 0 saturated carbocycles. The summed E-state index contributed by atoms with van der Waals surface area (Å²) < 4.78 is 10.2. The molecule has 1 fully saturated rings. The molecule has 3 atom stereocenters. The van der Waals surface area contributed by atoms with Crippen LogP contribution in [-0.4, -0.2) is 66.2 Å². The van der Waals surface area contributed by atoms with Gasteiger partial charge >= 0.3 is 12.1 Å². The molecule has 0 aliphatic carbocycles. The number of amides is 2. The standard InChI is InChI=1S/C15H26N2O5/c1-9-8-21-13(19)11(9)17(7)12(18)10(2)16(6)14(20)22-15(3,4)5/h9-11H,8H2,1-7H3/t9-,10+,11-/m0/s1. The third-order valence-corrected chi connectivity index (χ3v) is 3.65. The molecule has 0 aromatic rings. The van der Waals surface area contributed by atoms with E-state index in [1.54, 1.807) is 34.7 Å². The quantitative estimate of drug-likeness (QED) is 0.733. The zero-order chi connectivity index (χ0) is 17.2. The van der Waals surface area contributed by atoms with Gasteiger partial charge in [0.25, 0.3) is 0 Å². The van der Waals surface area contributed by atoms with Gasteiger partial charge in [-0.3, -0.25) is 9.69 Å². The van der Waals surface area contributed by atoms with Gasteiger partial charge in [0.1, 0.15) is 17.7 Å². The van der Waals surface area contributed by atoms with E-state index < -0.39 is 29.7 Å². The number of carbonyl (C=O) groups excluding carboxylic acids is 3. The zero-order valence-corrected chi connectivity index (χ0v) is 14.4. The van der Waals surface area contributed by atoms with Gasteiger partial charge in [0.2, 0.25) is 5.91 Å². The molecule has 0 spiro atoms. The first-order valence-electron chi connectivity index (χ1n) is 7.35. The van der Waals surface area contributed by atoms with Crippen LogP contribution in [0.2, 0.25) is 0 Å². The molecule has 7 nitrogen and oxygen atoms in total. The Hall–Kier alpha value is -1.79. The van der Waals surface area contributed by atoms with Crippen molar-refractivity contribution in [2.75, 3.05) is 20.7 Å². The van der Waals surface area contributed by atoms with Gasteiger partial charge in [-0.15, -0.1) is 0 Å². The van der Waals surface area contributed by atoms with Crippen molar-refractivity contribution in [3.63, 3.8) is 0 Å². The summed E-state index contributed by atoms with van der Waals surface area (Å²) in [6.45, 7) is 9.03. The molecule has 0 aromatic heterocycles. The van der Waals surface area contributed by atoms with E-state index >= 15 is 0 Å². The van der Waals surface area contributed by atoms with Crippen molar-refractivity contribution in [3.8, 4) is 0 Å². The predicted molar refractivity (Wildman–Crippen MR) is 80.1 cm³/mol. The number of rotatable bonds is 3. The second-order valence-electron chi connectivity index (χ2n) is 6.77. The van der Waals surface area contributed by atoms with Gasteiger partial charge in [-0.25, -0.2) is 9.59 Å². The lowest BCUT2D eigenvalue weighted by atomic mass is 10.0. The van der Waals surface area contributed by atoms with Crippen molar-refractivity contribution in [2.24, 2.45) is 5.92 Å². The van der Waals surface area contributed by atoms with Crippen molar-refractivity contribution in [1.29, 1.82) is 0 Å². The number of nitrogens with zero attached hydrogens (tertiary/aromatic N) is 2. The summed E-state index contributed by atoms with van der Waals surface area (Å²) in [5, 5.41) is 0. The fraction of sp³-hybridized carbons (Fsp3) is 0.800. The van der Waals surface area contributed by atoms with E-state index in [0.29, 0.717) is 6.61 Å². The average molecular weight is 314 g/mol. The Morgan fingerprint density at radius 2 is 1.86 bits per heavy atom. The lowest BCUT2D eigenvalue weighted by Crippen LogP contribution is -2.52. The average Bonchev–Trinajstić information content (AvgIpc) is 2.72. The Bertz CT molecular complexity index is 457. The van der Waals surface area contributed by atoms with E-state index in [0.717, 1.165) is 0 Å². The second kappa shape index (κ2) is 6.54. The Morgan fingerprint density at radius 3 is 2.27 bits per heavy atom. The normalized spacial score (nSPS) is 22.8. The highest BCUT2D eigenvalue weighted by molar-refractivity contribution is 5.90. The monoisotopic (exact) mass is 314 g/mol. The van der Waals surface area contributed by atoms with Gasteiger partial charge in [0, 0.05) is 20.0 Å². The minimum absolute atomic E-state index is 0.0690. The molecule has 0 unspecified atom stereocenters. The summed E-state index contributed by atoms with van der Waals surface area (Å²) in [6, 6.07) is -1.34. The summed E-state index contributed by atoms with van der Waals surface area (Å²) in [4.78, 5) is 38.8. The number of likely N-dealkylation sites (N-methyl/N-ethyl adjacent to an activating group) is 2. The second-order valence-corrected chi connectivity index (χ2v) is 6.77.